The Balaban J connectivity index is 2.37. The molecule has 2 rings (SSSR count). The molecular formula is C10H9BrNO. The molecule has 1 N–H and O–H groups in total. The summed E-state index contributed by atoms with van der Waals surface area (Å²) in [6, 6.07) is 9.08. The summed E-state index contributed by atoms with van der Waals surface area (Å²) in [5, 5.41) is 3.20. The maximum atomic E-state index is 5.21. The van der Waals surface area contributed by atoms with Crippen molar-refractivity contribution in [3.05, 3.63) is 40.2 Å². The molecule has 0 saturated carbocycles. The molecule has 1 aliphatic heterocycles. The second kappa shape index (κ2) is 3.42. The first kappa shape index (κ1) is 8.63. The Kier molecular flexibility index (Phi) is 2.27. The zero-order valence-electron chi connectivity index (χ0n) is 7.23. The summed E-state index contributed by atoms with van der Waals surface area (Å²) in [4.78, 5) is 0. The van der Waals surface area contributed by atoms with Gasteiger partial charge in [-0.2, -0.15) is 0 Å². The van der Waals surface area contributed by atoms with Crippen LogP contribution in [-0.4, -0.2) is 7.11 Å². The minimum absolute atomic E-state index is 0.792. The van der Waals surface area contributed by atoms with E-state index in [9.17, 15) is 0 Å². The van der Waals surface area contributed by atoms with Crippen LogP contribution in [-0.2, 0) is 11.2 Å². The third-order valence-electron chi connectivity index (χ3n) is 2.01. The molecule has 0 fully saturated rings. The molecule has 1 radical (unpaired) electrons. The highest BCUT2D eigenvalue weighted by Gasteiger charge is 2.15. The second-order valence-corrected chi connectivity index (χ2v) is 3.60. The van der Waals surface area contributed by atoms with Crippen molar-refractivity contribution < 1.29 is 4.74 Å². The minimum Gasteiger partial charge on any atom is -0.498 e. The van der Waals surface area contributed by atoms with Gasteiger partial charge in [0.1, 0.15) is 10.4 Å². The van der Waals surface area contributed by atoms with Gasteiger partial charge in [-0.15, -0.1) is 0 Å². The minimum atomic E-state index is 0.792. The van der Waals surface area contributed by atoms with Crippen molar-refractivity contribution in [3.63, 3.8) is 0 Å². The van der Waals surface area contributed by atoms with E-state index in [0.717, 1.165) is 28.0 Å². The van der Waals surface area contributed by atoms with Crippen molar-refractivity contribution in [2.75, 3.05) is 12.4 Å². The van der Waals surface area contributed by atoms with Gasteiger partial charge in [0.05, 0.1) is 7.11 Å². The SMILES string of the molecule is COC1=C(Br)Nc2ccc[c]c2C1. The van der Waals surface area contributed by atoms with Crippen LogP contribution in [0.25, 0.3) is 0 Å². The molecule has 1 aromatic rings. The normalized spacial score (nSPS) is 14.9. The second-order valence-electron chi connectivity index (χ2n) is 2.81. The average molecular weight is 239 g/mol. The molecule has 0 atom stereocenters. The first-order valence-corrected chi connectivity index (χ1v) is 4.80. The molecule has 1 aliphatic rings. The number of nitrogens with one attached hydrogen (secondary N) is 1. The molecule has 0 aliphatic carbocycles. The molecule has 13 heavy (non-hydrogen) atoms. The van der Waals surface area contributed by atoms with E-state index in [-0.39, 0.29) is 0 Å². The van der Waals surface area contributed by atoms with Crippen LogP contribution in [0.2, 0.25) is 0 Å². The Morgan fingerprint density at radius 3 is 3.23 bits per heavy atom. The molecule has 0 aromatic heterocycles. The van der Waals surface area contributed by atoms with Crippen molar-refractivity contribution in [1.29, 1.82) is 0 Å². The van der Waals surface area contributed by atoms with Gasteiger partial charge < -0.3 is 10.1 Å². The fraction of sp³-hybridized carbons (Fsp3) is 0.200. The van der Waals surface area contributed by atoms with Crippen LogP contribution in [0, 0.1) is 6.07 Å². The Morgan fingerprint density at radius 1 is 1.62 bits per heavy atom. The summed E-state index contributed by atoms with van der Waals surface area (Å²) in [5.41, 5.74) is 2.23. The van der Waals surface area contributed by atoms with E-state index in [1.165, 1.54) is 0 Å². The number of benzene rings is 1. The number of rotatable bonds is 1. The number of ether oxygens (including phenoxy) is 1. The van der Waals surface area contributed by atoms with Crippen molar-refractivity contribution in [1.82, 2.24) is 0 Å². The third kappa shape index (κ3) is 1.56. The highest BCUT2D eigenvalue weighted by Crippen LogP contribution is 2.29. The highest BCUT2D eigenvalue weighted by atomic mass is 79.9. The van der Waals surface area contributed by atoms with E-state index >= 15 is 0 Å². The van der Waals surface area contributed by atoms with Crippen LogP contribution in [0.1, 0.15) is 5.56 Å². The van der Waals surface area contributed by atoms with E-state index in [4.69, 9.17) is 4.74 Å². The first-order chi connectivity index (χ1) is 6.31. The van der Waals surface area contributed by atoms with Crippen LogP contribution in [0.15, 0.2) is 28.6 Å². The maximum Gasteiger partial charge on any atom is 0.131 e. The van der Waals surface area contributed by atoms with Crippen LogP contribution in [0.4, 0.5) is 5.69 Å². The lowest BCUT2D eigenvalue weighted by atomic mass is 10.1. The summed E-state index contributed by atoms with van der Waals surface area (Å²) in [5.74, 6) is 0.912. The number of anilines is 1. The Labute approximate surface area is 85.7 Å². The van der Waals surface area contributed by atoms with Crippen molar-refractivity contribution in [2.24, 2.45) is 0 Å². The standard InChI is InChI=1S/C10H9BrNO/c1-13-9-6-7-4-2-3-5-8(7)12-10(9)11/h2-3,5,12H,6H2,1H3. The number of fused-ring (bicyclic) bond motifs is 1. The van der Waals surface area contributed by atoms with Gasteiger partial charge in [-0.25, -0.2) is 0 Å². The van der Waals surface area contributed by atoms with Gasteiger partial charge >= 0.3 is 0 Å². The molecule has 0 amide bonds. The molecule has 1 heterocycles. The topological polar surface area (TPSA) is 21.3 Å². The molecule has 67 valence electrons. The molecule has 0 spiro atoms. The lowest BCUT2D eigenvalue weighted by Crippen LogP contribution is -2.10. The van der Waals surface area contributed by atoms with E-state index in [1.54, 1.807) is 7.11 Å². The zero-order chi connectivity index (χ0) is 9.26. The van der Waals surface area contributed by atoms with Crippen molar-refractivity contribution in [2.45, 2.75) is 6.42 Å². The van der Waals surface area contributed by atoms with Gasteiger partial charge in [0.2, 0.25) is 0 Å². The Bertz CT molecular complexity index is 360. The molecule has 0 unspecified atom stereocenters. The smallest absolute Gasteiger partial charge is 0.131 e. The summed E-state index contributed by atoms with van der Waals surface area (Å²) in [6.07, 6.45) is 0.792. The van der Waals surface area contributed by atoms with Gasteiger partial charge in [0.15, 0.2) is 0 Å². The zero-order valence-corrected chi connectivity index (χ0v) is 8.81. The van der Waals surface area contributed by atoms with E-state index in [0.29, 0.717) is 0 Å². The fourth-order valence-corrected chi connectivity index (χ4v) is 1.84. The lowest BCUT2D eigenvalue weighted by molar-refractivity contribution is 0.281. The van der Waals surface area contributed by atoms with Gasteiger partial charge in [-0.1, -0.05) is 12.1 Å². The first-order valence-electron chi connectivity index (χ1n) is 4.00. The number of methoxy groups -OCH3 is 1. The van der Waals surface area contributed by atoms with Gasteiger partial charge in [0, 0.05) is 12.1 Å². The van der Waals surface area contributed by atoms with Crippen LogP contribution in [0.3, 0.4) is 0 Å². The van der Waals surface area contributed by atoms with Crippen LogP contribution >= 0.6 is 15.9 Å². The monoisotopic (exact) mass is 238 g/mol. The summed E-state index contributed by atoms with van der Waals surface area (Å²) >= 11 is 3.41. The lowest BCUT2D eigenvalue weighted by Gasteiger charge is -2.19. The Hall–Kier alpha value is -0.960. The molecule has 1 aromatic carbocycles. The van der Waals surface area contributed by atoms with Crippen molar-refractivity contribution >= 4 is 21.6 Å². The predicted octanol–water partition coefficient (Wildman–Crippen LogP) is 2.67. The van der Waals surface area contributed by atoms with E-state index in [1.807, 2.05) is 18.2 Å². The highest BCUT2D eigenvalue weighted by molar-refractivity contribution is 9.11. The predicted molar refractivity (Wildman–Crippen MR) is 55.6 cm³/mol. The van der Waals surface area contributed by atoms with Crippen molar-refractivity contribution in [3.8, 4) is 0 Å². The third-order valence-corrected chi connectivity index (χ3v) is 2.66. The molecule has 0 bridgehead atoms. The summed E-state index contributed by atoms with van der Waals surface area (Å²) < 4.78 is 6.12. The largest absolute Gasteiger partial charge is 0.498 e. The van der Waals surface area contributed by atoms with Gasteiger partial charge in [-0.05, 0) is 33.6 Å². The van der Waals surface area contributed by atoms with Gasteiger partial charge in [-0.3, -0.25) is 0 Å². The quantitative estimate of drug-likeness (QED) is 0.760. The molecular weight excluding hydrogens is 230 g/mol. The molecule has 2 nitrogen and oxygen atoms in total. The molecule has 3 heteroatoms. The summed E-state index contributed by atoms with van der Waals surface area (Å²) in [7, 11) is 1.67. The number of hydrogen-bond acceptors (Lipinski definition) is 2. The average Bonchev–Trinajstić information content (AvgIpc) is 2.17. The van der Waals surface area contributed by atoms with E-state index in [2.05, 4.69) is 27.3 Å². The number of hydrogen-bond donors (Lipinski definition) is 1. The number of halogens is 1. The fourth-order valence-electron chi connectivity index (χ4n) is 1.32. The van der Waals surface area contributed by atoms with Crippen LogP contribution < -0.4 is 5.32 Å². The van der Waals surface area contributed by atoms with Gasteiger partial charge in [0.25, 0.3) is 0 Å². The summed E-state index contributed by atoms with van der Waals surface area (Å²) in [6.45, 7) is 0. The number of allylic oxidation sites excluding steroid dienone is 1. The van der Waals surface area contributed by atoms with E-state index < -0.39 is 0 Å². The van der Waals surface area contributed by atoms with Crippen LogP contribution in [0.5, 0.6) is 0 Å². The Morgan fingerprint density at radius 2 is 2.46 bits per heavy atom. The maximum absolute atomic E-state index is 5.21. The molecule has 0 saturated heterocycles.